The van der Waals surface area contributed by atoms with E-state index in [4.69, 9.17) is 4.74 Å². The first-order valence-electron chi connectivity index (χ1n) is 6.93. The molecule has 8 heteroatoms. The van der Waals surface area contributed by atoms with Gasteiger partial charge in [-0.15, -0.1) is 0 Å². The Hall–Kier alpha value is -2.09. The van der Waals surface area contributed by atoms with E-state index >= 15 is 0 Å². The zero-order chi connectivity index (χ0) is 16.0. The van der Waals surface area contributed by atoms with Crippen LogP contribution in [-0.4, -0.2) is 60.5 Å². The van der Waals surface area contributed by atoms with Crippen molar-refractivity contribution in [3.63, 3.8) is 0 Å². The smallest absolute Gasteiger partial charge is 0.386 e. The van der Waals surface area contributed by atoms with Crippen LogP contribution < -0.4 is 0 Å². The van der Waals surface area contributed by atoms with E-state index in [9.17, 15) is 13.6 Å². The van der Waals surface area contributed by atoms with Gasteiger partial charge >= 0.3 is 11.9 Å². The van der Waals surface area contributed by atoms with Gasteiger partial charge in [-0.3, -0.25) is 9.99 Å². The Bertz CT molecular complexity index is 531. The van der Waals surface area contributed by atoms with Crippen LogP contribution in [0.25, 0.3) is 0 Å². The molecule has 1 aromatic rings. The Labute approximate surface area is 126 Å². The molecular weight excluding hydrogens is 296 g/mol. The summed E-state index contributed by atoms with van der Waals surface area (Å²) < 4.78 is 38.5. The molecule has 2 heterocycles. The van der Waals surface area contributed by atoms with E-state index in [1.807, 2.05) is 0 Å². The predicted molar refractivity (Wildman–Crippen MR) is 74.7 cm³/mol. The average Bonchev–Trinajstić information content (AvgIpc) is 2.54. The van der Waals surface area contributed by atoms with Crippen molar-refractivity contribution in [2.75, 3.05) is 32.9 Å². The zero-order valence-corrected chi connectivity index (χ0v) is 12.2. The van der Waals surface area contributed by atoms with Gasteiger partial charge in [0.15, 0.2) is 0 Å². The fourth-order valence-electron chi connectivity index (χ4n) is 1.92. The van der Waals surface area contributed by atoms with Crippen molar-refractivity contribution in [1.82, 2.24) is 9.99 Å². The predicted octanol–water partition coefficient (Wildman–Crippen LogP) is 1.32. The third-order valence-electron chi connectivity index (χ3n) is 2.99. The maximum atomic E-state index is 14.4. The van der Waals surface area contributed by atoms with Crippen molar-refractivity contribution >= 4 is 11.7 Å². The number of hydrogen-bond acceptors (Lipinski definition) is 6. The summed E-state index contributed by atoms with van der Waals surface area (Å²) in [6, 6.07) is 2.94. The Morgan fingerprint density at radius 1 is 1.50 bits per heavy atom. The van der Waals surface area contributed by atoms with E-state index < -0.39 is 17.6 Å². The molecule has 0 bridgehead atoms. The maximum Gasteiger partial charge on any atom is 0.386 e. The number of halogens is 2. The van der Waals surface area contributed by atoms with E-state index in [1.54, 1.807) is 0 Å². The number of pyridine rings is 1. The van der Waals surface area contributed by atoms with Crippen LogP contribution in [0.4, 0.5) is 8.78 Å². The number of nitrogens with zero attached hydrogens (tertiary/aromatic N) is 3. The summed E-state index contributed by atoms with van der Waals surface area (Å²) >= 11 is 0. The molecule has 0 N–H and O–H groups in total. The van der Waals surface area contributed by atoms with E-state index in [0.717, 1.165) is 0 Å². The lowest BCUT2D eigenvalue weighted by atomic mass is 10.1. The lowest BCUT2D eigenvalue weighted by Crippen LogP contribution is -2.43. The SMILES string of the molecule is CCOC(=O)C(F)(F)/C(=N/N1CCOCC1)c1cccnc1. The normalized spacial score (nSPS) is 16.5. The maximum absolute atomic E-state index is 14.4. The highest BCUT2D eigenvalue weighted by atomic mass is 19.3. The second-order valence-electron chi connectivity index (χ2n) is 4.55. The number of carbonyl (C=O) groups is 1. The first-order valence-corrected chi connectivity index (χ1v) is 6.93. The highest BCUT2D eigenvalue weighted by Crippen LogP contribution is 2.23. The van der Waals surface area contributed by atoms with Crippen LogP contribution in [0.2, 0.25) is 0 Å². The van der Waals surface area contributed by atoms with E-state index in [0.29, 0.717) is 26.3 Å². The molecule has 22 heavy (non-hydrogen) atoms. The second kappa shape index (κ2) is 7.26. The van der Waals surface area contributed by atoms with Crippen LogP contribution in [0, 0.1) is 0 Å². The summed E-state index contributed by atoms with van der Waals surface area (Å²) in [5.41, 5.74) is -0.590. The molecule has 0 atom stereocenters. The number of hydrazone groups is 1. The van der Waals surface area contributed by atoms with Crippen molar-refractivity contribution in [2.24, 2.45) is 5.10 Å². The van der Waals surface area contributed by atoms with Gasteiger partial charge in [-0.05, 0) is 19.1 Å². The number of rotatable bonds is 5. The molecule has 0 spiro atoms. The highest BCUT2D eigenvalue weighted by Gasteiger charge is 2.47. The zero-order valence-electron chi connectivity index (χ0n) is 12.2. The van der Waals surface area contributed by atoms with Crippen LogP contribution >= 0.6 is 0 Å². The van der Waals surface area contributed by atoms with Gasteiger partial charge in [-0.2, -0.15) is 13.9 Å². The molecular formula is C14H17F2N3O3. The molecule has 1 aliphatic rings. The topological polar surface area (TPSA) is 64.0 Å². The molecule has 6 nitrogen and oxygen atoms in total. The molecule has 1 aliphatic heterocycles. The van der Waals surface area contributed by atoms with Gasteiger partial charge in [0.25, 0.3) is 0 Å². The van der Waals surface area contributed by atoms with Crippen molar-refractivity contribution in [2.45, 2.75) is 12.8 Å². The molecule has 1 aromatic heterocycles. The Morgan fingerprint density at radius 3 is 2.82 bits per heavy atom. The lowest BCUT2D eigenvalue weighted by molar-refractivity contribution is -0.162. The molecule has 0 radical (unpaired) electrons. The molecule has 2 rings (SSSR count). The third-order valence-corrected chi connectivity index (χ3v) is 2.99. The number of morpholine rings is 1. The van der Waals surface area contributed by atoms with Crippen LogP contribution in [-0.2, 0) is 14.3 Å². The molecule has 0 saturated carbocycles. The number of ether oxygens (including phenoxy) is 2. The van der Waals surface area contributed by atoms with Crippen LogP contribution in [0.5, 0.6) is 0 Å². The standard InChI is InChI=1S/C14H17F2N3O3/c1-2-22-13(20)14(15,16)12(11-4-3-5-17-10-11)18-19-6-8-21-9-7-19/h3-5,10H,2,6-9H2,1H3/b18-12+. The fraction of sp³-hybridized carbons (Fsp3) is 0.500. The highest BCUT2D eigenvalue weighted by molar-refractivity contribution is 6.16. The molecule has 120 valence electrons. The van der Waals surface area contributed by atoms with Crippen LogP contribution in [0.15, 0.2) is 29.6 Å². The first-order chi connectivity index (χ1) is 10.6. The van der Waals surface area contributed by atoms with Gasteiger partial charge in [0.2, 0.25) is 0 Å². The lowest BCUT2D eigenvalue weighted by Gasteiger charge is -2.26. The Balaban J connectivity index is 2.36. The van der Waals surface area contributed by atoms with Gasteiger partial charge in [-0.25, -0.2) is 4.79 Å². The minimum atomic E-state index is -3.85. The molecule has 1 saturated heterocycles. The summed E-state index contributed by atoms with van der Waals surface area (Å²) in [6.45, 7) is 2.89. The Morgan fingerprint density at radius 2 is 2.23 bits per heavy atom. The van der Waals surface area contributed by atoms with Crippen LogP contribution in [0.3, 0.4) is 0 Å². The van der Waals surface area contributed by atoms with Gasteiger partial charge in [-0.1, -0.05) is 0 Å². The number of alkyl halides is 2. The van der Waals surface area contributed by atoms with Gasteiger partial charge in [0.05, 0.1) is 32.9 Å². The summed E-state index contributed by atoms with van der Waals surface area (Å²) in [4.78, 5) is 15.4. The monoisotopic (exact) mass is 313 g/mol. The fourth-order valence-corrected chi connectivity index (χ4v) is 1.92. The average molecular weight is 313 g/mol. The summed E-state index contributed by atoms with van der Waals surface area (Å²) in [7, 11) is 0. The van der Waals surface area contributed by atoms with E-state index in [-0.39, 0.29) is 12.2 Å². The van der Waals surface area contributed by atoms with Crippen molar-refractivity contribution < 1.29 is 23.0 Å². The molecule has 0 unspecified atom stereocenters. The third kappa shape index (κ3) is 3.76. The minimum absolute atomic E-state index is 0.0760. The molecule has 0 amide bonds. The van der Waals surface area contributed by atoms with Gasteiger partial charge < -0.3 is 9.47 Å². The number of carbonyl (C=O) groups excluding carboxylic acids is 1. The first kappa shape index (κ1) is 16.3. The molecule has 0 aromatic carbocycles. The number of aromatic nitrogens is 1. The van der Waals surface area contributed by atoms with Crippen LogP contribution in [0.1, 0.15) is 12.5 Å². The van der Waals surface area contributed by atoms with Crippen molar-refractivity contribution in [1.29, 1.82) is 0 Å². The van der Waals surface area contributed by atoms with Crippen molar-refractivity contribution in [3.8, 4) is 0 Å². The molecule has 1 fully saturated rings. The van der Waals surface area contributed by atoms with E-state index in [1.165, 1.54) is 36.5 Å². The summed E-state index contributed by atoms with van der Waals surface area (Å²) in [5, 5.41) is 5.42. The number of esters is 1. The number of hydrogen-bond donors (Lipinski definition) is 0. The van der Waals surface area contributed by atoms with E-state index in [2.05, 4.69) is 14.8 Å². The quantitative estimate of drug-likeness (QED) is 0.606. The van der Waals surface area contributed by atoms with Gasteiger partial charge in [0, 0.05) is 18.0 Å². The molecule has 0 aliphatic carbocycles. The van der Waals surface area contributed by atoms with Crippen molar-refractivity contribution in [3.05, 3.63) is 30.1 Å². The Kier molecular flexibility index (Phi) is 5.37. The minimum Gasteiger partial charge on any atom is -0.461 e. The summed E-state index contributed by atoms with van der Waals surface area (Å²) in [6.07, 6.45) is 2.70. The van der Waals surface area contributed by atoms with Gasteiger partial charge in [0.1, 0.15) is 5.71 Å². The second-order valence-corrected chi connectivity index (χ2v) is 4.55. The summed E-state index contributed by atoms with van der Waals surface area (Å²) in [5.74, 6) is -5.47. The largest absolute Gasteiger partial charge is 0.461 e.